The predicted molar refractivity (Wildman–Crippen MR) is 131 cm³/mol. The van der Waals surface area contributed by atoms with E-state index in [0.29, 0.717) is 22.6 Å². The molecule has 0 bridgehead atoms. The third-order valence-electron chi connectivity index (χ3n) is 5.96. The molecular formula is C26H22FN3O3S. The number of para-hydroxylation sites is 1. The highest BCUT2D eigenvalue weighted by molar-refractivity contribution is 8.02. The SMILES string of the molecule is Cc1cc(C)cc(N2C(=O)CS[C@]23C(=O)N(CC(=O)Nc2ccc(F)cc2)c2ccccc23)c1. The van der Waals surface area contributed by atoms with Crippen molar-refractivity contribution in [3.63, 3.8) is 0 Å². The molecule has 0 saturated carbocycles. The molecular weight excluding hydrogens is 453 g/mol. The number of anilines is 3. The maximum Gasteiger partial charge on any atom is 0.269 e. The van der Waals surface area contributed by atoms with Crippen molar-refractivity contribution >= 4 is 46.5 Å². The van der Waals surface area contributed by atoms with E-state index in [4.69, 9.17) is 0 Å². The number of nitrogens with zero attached hydrogens (tertiary/aromatic N) is 2. The average Bonchev–Trinajstić information content (AvgIpc) is 3.26. The van der Waals surface area contributed by atoms with Gasteiger partial charge in [-0.05, 0) is 67.4 Å². The van der Waals surface area contributed by atoms with Gasteiger partial charge in [0.2, 0.25) is 16.7 Å². The number of thioether (sulfide) groups is 1. The summed E-state index contributed by atoms with van der Waals surface area (Å²) in [6.07, 6.45) is 0. The maximum absolute atomic E-state index is 14.0. The van der Waals surface area contributed by atoms with Crippen LogP contribution in [0.2, 0.25) is 0 Å². The third kappa shape index (κ3) is 3.54. The highest BCUT2D eigenvalue weighted by Gasteiger charge is 2.61. The standard InChI is InChI=1S/C26H22FN3O3S/c1-16-11-17(2)13-20(12-16)30-24(32)15-34-26(30)21-5-3-4-6-22(21)29(25(26)33)14-23(31)28-19-9-7-18(27)8-10-19/h3-13H,14-15H2,1-2H3,(H,28,31)/t26-/m1/s1. The lowest BCUT2D eigenvalue weighted by molar-refractivity contribution is -0.124. The van der Waals surface area contributed by atoms with Crippen molar-refractivity contribution in [2.45, 2.75) is 18.7 Å². The van der Waals surface area contributed by atoms with Gasteiger partial charge in [-0.3, -0.25) is 24.2 Å². The van der Waals surface area contributed by atoms with Crippen LogP contribution in [0.1, 0.15) is 16.7 Å². The zero-order chi connectivity index (χ0) is 24.0. The van der Waals surface area contributed by atoms with Gasteiger partial charge < -0.3 is 5.32 Å². The number of nitrogens with one attached hydrogen (secondary N) is 1. The maximum atomic E-state index is 14.0. The van der Waals surface area contributed by atoms with E-state index >= 15 is 0 Å². The van der Waals surface area contributed by atoms with Crippen LogP contribution in [0.3, 0.4) is 0 Å². The van der Waals surface area contributed by atoms with Crippen molar-refractivity contribution in [1.29, 1.82) is 0 Å². The normalized spacial score (nSPS) is 19.1. The van der Waals surface area contributed by atoms with E-state index in [9.17, 15) is 18.8 Å². The Bertz CT molecular complexity index is 1310. The summed E-state index contributed by atoms with van der Waals surface area (Å²) in [6.45, 7) is 3.67. The van der Waals surface area contributed by atoms with Crippen molar-refractivity contribution in [2.24, 2.45) is 0 Å². The van der Waals surface area contributed by atoms with Gasteiger partial charge in [0.25, 0.3) is 5.91 Å². The summed E-state index contributed by atoms with van der Waals surface area (Å²) in [4.78, 5) is 41.7. The first-order valence-electron chi connectivity index (χ1n) is 10.8. The molecule has 3 aromatic rings. The van der Waals surface area contributed by atoms with Crippen LogP contribution in [-0.4, -0.2) is 30.0 Å². The van der Waals surface area contributed by atoms with Crippen LogP contribution in [0, 0.1) is 19.7 Å². The number of halogens is 1. The van der Waals surface area contributed by atoms with E-state index in [0.717, 1.165) is 11.1 Å². The Morgan fingerprint density at radius 3 is 2.41 bits per heavy atom. The van der Waals surface area contributed by atoms with Crippen molar-refractivity contribution in [2.75, 3.05) is 27.4 Å². The molecule has 1 N–H and O–H groups in total. The first-order valence-corrected chi connectivity index (χ1v) is 11.8. The lowest BCUT2D eigenvalue weighted by Crippen LogP contribution is -2.51. The lowest BCUT2D eigenvalue weighted by atomic mass is 10.0. The molecule has 5 rings (SSSR count). The van der Waals surface area contributed by atoms with Crippen LogP contribution >= 0.6 is 11.8 Å². The van der Waals surface area contributed by atoms with E-state index in [1.807, 2.05) is 44.2 Å². The number of carbonyl (C=O) groups excluding carboxylic acids is 3. The molecule has 172 valence electrons. The van der Waals surface area contributed by atoms with Gasteiger partial charge in [0.1, 0.15) is 12.4 Å². The Kier molecular flexibility index (Phi) is 5.40. The summed E-state index contributed by atoms with van der Waals surface area (Å²) < 4.78 is 13.2. The molecule has 1 spiro atoms. The molecule has 6 nitrogen and oxygen atoms in total. The number of aryl methyl sites for hydroxylation is 2. The summed E-state index contributed by atoms with van der Waals surface area (Å²) in [5.74, 6) is -1.16. The molecule has 1 fully saturated rings. The van der Waals surface area contributed by atoms with Crippen LogP contribution in [0.25, 0.3) is 0 Å². The quantitative estimate of drug-likeness (QED) is 0.609. The molecule has 1 atom stereocenters. The fourth-order valence-electron chi connectivity index (χ4n) is 4.67. The van der Waals surface area contributed by atoms with Crippen LogP contribution in [0.4, 0.5) is 21.5 Å². The Hall–Kier alpha value is -3.65. The smallest absolute Gasteiger partial charge is 0.269 e. The van der Waals surface area contributed by atoms with Crippen molar-refractivity contribution < 1.29 is 18.8 Å². The first-order chi connectivity index (χ1) is 16.3. The summed E-state index contributed by atoms with van der Waals surface area (Å²) in [5.41, 5.74) is 4.35. The van der Waals surface area contributed by atoms with E-state index in [-0.39, 0.29) is 24.1 Å². The second-order valence-electron chi connectivity index (χ2n) is 8.47. The van der Waals surface area contributed by atoms with Crippen LogP contribution in [-0.2, 0) is 19.3 Å². The molecule has 0 aliphatic carbocycles. The number of benzene rings is 3. The number of hydrogen-bond donors (Lipinski definition) is 1. The first kappa shape index (κ1) is 22.2. The van der Waals surface area contributed by atoms with Crippen LogP contribution in [0.15, 0.2) is 66.7 Å². The van der Waals surface area contributed by atoms with Gasteiger partial charge in [-0.2, -0.15) is 0 Å². The van der Waals surface area contributed by atoms with Crippen LogP contribution in [0.5, 0.6) is 0 Å². The lowest BCUT2D eigenvalue weighted by Gasteiger charge is -2.33. The van der Waals surface area contributed by atoms with Gasteiger partial charge in [-0.1, -0.05) is 24.3 Å². The molecule has 34 heavy (non-hydrogen) atoms. The van der Waals surface area contributed by atoms with Crippen molar-refractivity contribution in [3.05, 3.63) is 89.2 Å². The predicted octanol–water partition coefficient (Wildman–Crippen LogP) is 4.36. The number of hydrogen-bond acceptors (Lipinski definition) is 4. The van der Waals surface area contributed by atoms with Gasteiger partial charge >= 0.3 is 0 Å². The van der Waals surface area contributed by atoms with Gasteiger partial charge in [0.05, 0.1) is 11.4 Å². The molecule has 2 aliphatic rings. The van der Waals surface area contributed by atoms with Gasteiger partial charge in [-0.25, -0.2) is 4.39 Å². The second kappa shape index (κ2) is 8.29. The average molecular weight is 476 g/mol. The summed E-state index contributed by atoms with van der Waals surface area (Å²) >= 11 is 1.27. The van der Waals surface area contributed by atoms with Crippen LogP contribution < -0.4 is 15.1 Å². The molecule has 0 radical (unpaired) electrons. The van der Waals surface area contributed by atoms with E-state index in [1.54, 1.807) is 17.0 Å². The monoisotopic (exact) mass is 475 g/mol. The minimum Gasteiger partial charge on any atom is -0.325 e. The molecule has 2 aliphatic heterocycles. The largest absolute Gasteiger partial charge is 0.325 e. The van der Waals surface area contributed by atoms with Gasteiger partial charge in [0, 0.05) is 16.9 Å². The number of fused-ring (bicyclic) bond motifs is 2. The topological polar surface area (TPSA) is 69.7 Å². The molecule has 2 heterocycles. The minimum atomic E-state index is -1.27. The van der Waals surface area contributed by atoms with Crippen molar-refractivity contribution in [3.8, 4) is 0 Å². The van der Waals surface area contributed by atoms with E-state index in [2.05, 4.69) is 5.32 Å². The van der Waals surface area contributed by atoms with Gasteiger partial charge in [-0.15, -0.1) is 11.8 Å². The second-order valence-corrected chi connectivity index (χ2v) is 9.64. The Balaban J connectivity index is 1.53. The Labute approximate surface area is 200 Å². The van der Waals surface area contributed by atoms with Gasteiger partial charge in [0.15, 0.2) is 0 Å². The third-order valence-corrected chi connectivity index (χ3v) is 7.34. The number of rotatable bonds is 4. The van der Waals surface area contributed by atoms with E-state index < -0.39 is 16.6 Å². The molecule has 1 saturated heterocycles. The zero-order valence-corrected chi connectivity index (χ0v) is 19.5. The fourth-order valence-corrected chi connectivity index (χ4v) is 6.03. The highest BCUT2D eigenvalue weighted by atomic mass is 32.2. The minimum absolute atomic E-state index is 0.155. The summed E-state index contributed by atoms with van der Waals surface area (Å²) in [6, 6.07) is 18.5. The Morgan fingerprint density at radius 1 is 1.03 bits per heavy atom. The zero-order valence-electron chi connectivity index (χ0n) is 18.7. The Morgan fingerprint density at radius 2 is 1.71 bits per heavy atom. The van der Waals surface area contributed by atoms with Crippen molar-refractivity contribution in [1.82, 2.24) is 0 Å². The summed E-state index contributed by atoms with van der Waals surface area (Å²) in [5, 5.41) is 2.71. The number of carbonyl (C=O) groups is 3. The molecule has 8 heteroatoms. The summed E-state index contributed by atoms with van der Waals surface area (Å²) in [7, 11) is 0. The fraction of sp³-hybridized carbons (Fsp3) is 0.192. The molecule has 3 amide bonds. The molecule has 3 aromatic carbocycles. The number of amides is 3. The van der Waals surface area contributed by atoms with E-state index in [1.165, 1.54) is 40.9 Å². The highest BCUT2D eigenvalue weighted by Crippen LogP contribution is 2.55. The molecule has 0 aromatic heterocycles. The molecule has 0 unspecified atom stereocenters.